The van der Waals surface area contributed by atoms with Crippen LogP contribution in [0.25, 0.3) is 0 Å². The van der Waals surface area contributed by atoms with E-state index in [1.807, 2.05) is 0 Å². The molecule has 1 rings (SSSR count). The second-order valence-electron chi connectivity index (χ2n) is 6.60. The van der Waals surface area contributed by atoms with Gasteiger partial charge in [-0.15, -0.1) is 0 Å². The number of ether oxygens (including phenoxy) is 1. The second kappa shape index (κ2) is 7.89. The Morgan fingerprint density at radius 3 is 2.15 bits per heavy atom. The highest BCUT2D eigenvalue weighted by Gasteiger charge is 2.50. The number of hydrogen-bond donors (Lipinski definition) is 1. The van der Waals surface area contributed by atoms with E-state index in [0.717, 1.165) is 25.7 Å². The summed E-state index contributed by atoms with van der Waals surface area (Å²) < 4.78 is 6.23. The van der Waals surface area contributed by atoms with Crippen LogP contribution in [-0.4, -0.2) is 17.0 Å². The maximum atomic E-state index is 6.22. The zero-order chi connectivity index (χ0) is 15.3. The molecule has 2 heteroatoms. The van der Waals surface area contributed by atoms with Crippen LogP contribution in [0.4, 0.5) is 0 Å². The summed E-state index contributed by atoms with van der Waals surface area (Å²) in [6.45, 7) is 15.5. The van der Waals surface area contributed by atoms with Crippen molar-refractivity contribution in [1.29, 1.82) is 0 Å². The lowest BCUT2D eigenvalue weighted by molar-refractivity contribution is -0.100. The van der Waals surface area contributed by atoms with Crippen LogP contribution in [-0.2, 0) is 4.74 Å². The fraction of sp³-hybridized carbons (Fsp3) is 0.889. The molecule has 0 heterocycles. The third kappa shape index (κ3) is 4.04. The van der Waals surface area contributed by atoms with Crippen molar-refractivity contribution in [2.24, 2.45) is 11.8 Å². The molecule has 0 aromatic heterocycles. The maximum absolute atomic E-state index is 6.22. The molecule has 20 heavy (non-hydrogen) atoms. The Bertz CT molecular complexity index is 303. The monoisotopic (exact) mass is 298 g/mol. The summed E-state index contributed by atoms with van der Waals surface area (Å²) in [4.78, 5) is 0. The summed E-state index contributed by atoms with van der Waals surface area (Å²) in [6, 6.07) is 0. The van der Waals surface area contributed by atoms with Crippen molar-refractivity contribution in [2.45, 2.75) is 90.1 Å². The van der Waals surface area contributed by atoms with E-state index >= 15 is 0 Å². The van der Waals surface area contributed by atoms with Crippen molar-refractivity contribution in [1.82, 2.24) is 0 Å². The number of rotatable bonds is 9. The maximum Gasteiger partial charge on any atom is 0.0726 e. The summed E-state index contributed by atoms with van der Waals surface area (Å²) >= 11 is 4.92. The van der Waals surface area contributed by atoms with E-state index in [0.29, 0.717) is 24.0 Å². The van der Waals surface area contributed by atoms with Gasteiger partial charge in [0.1, 0.15) is 0 Å². The van der Waals surface area contributed by atoms with E-state index < -0.39 is 0 Å². The number of allylic oxidation sites excluding steroid dienone is 1. The molecule has 0 N–H and O–H groups in total. The van der Waals surface area contributed by atoms with E-state index in [4.69, 9.17) is 17.4 Å². The third-order valence-corrected chi connectivity index (χ3v) is 5.97. The highest BCUT2D eigenvalue weighted by molar-refractivity contribution is 7.82. The first-order valence-corrected chi connectivity index (χ1v) is 8.90. The lowest BCUT2D eigenvalue weighted by Crippen LogP contribution is -2.56. The summed E-state index contributed by atoms with van der Waals surface area (Å²) in [7, 11) is 0. The van der Waals surface area contributed by atoms with Gasteiger partial charge in [0.2, 0.25) is 0 Å². The molecule has 0 aliphatic heterocycles. The largest absolute Gasteiger partial charge is 0.374 e. The van der Waals surface area contributed by atoms with Crippen LogP contribution >= 0.6 is 12.6 Å². The van der Waals surface area contributed by atoms with Crippen molar-refractivity contribution in [3.8, 4) is 0 Å². The number of thiol groups is 1. The normalized spacial score (nSPS) is 29.8. The molecular weight excluding hydrogens is 264 g/mol. The van der Waals surface area contributed by atoms with Crippen molar-refractivity contribution >= 4 is 12.6 Å². The molecule has 1 nitrogen and oxygen atoms in total. The van der Waals surface area contributed by atoms with Gasteiger partial charge in [-0.1, -0.05) is 39.8 Å². The van der Waals surface area contributed by atoms with Gasteiger partial charge < -0.3 is 4.74 Å². The molecule has 1 aliphatic carbocycles. The van der Waals surface area contributed by atoms with E-state index in [-0.39, 0.29) is 4.75 Å². The summed E-state index contributed by atoms with van der Waals surface area (Å²) in [6.07, 6.45) is 7.59. The zero-order valence-corrected chi connectivity index (χ0v) is 15.0. The van der Waals surface area contributed by atoms with Crippen LogP contribution in [0.3, 0.4) is 0 Å². The SMILES string of the molecule is C=C(CC1CC(OC(CC)CC)C1(C)S)C(CC)CC. The van der Waals surface area contributed by atoms with Gasteiger partial charge in [0.15, 0.2) is 0 Å². The van der Waals surface area contributed by atoms with Gasteiger partial charge in [-0.3, -0.25) is 0 Å². The van der Waals surface area contributed by atoms with Crippen molar-refractivity contribution in [3.05, 3.63) is 12.2 Å². The Hall–Kier alpha value is 0.0500. The third-order valence-electron chi connectivity index (χ3n) is 5.32. The molecule has 0 spiro atoms. The zero-order valence-electron chi connectivity index (χ0n) is 14.1. The van der Waals surface area contributed by atoms with Crippen LogP contribution in [0.2, 0.25) is 0 Å². The predicted octanol–water partition coefficient (Wildman–Crippen LogP) is 5.65. The Morgan fingerprint density at radius 1 is 1.20 bits per heavy atom. The molecule has 0 aromatic rings. The van der Waals surface area contributed by atoms with E-state index in [1.165, 1.54) is 18.4 Å². The summed E-state index contributed by atoms with van der Waals surface area (Å²) in [5.41, 5.74) is 1.42. The van der Waals surface area contributed by atoms with E-state index in [9.17, 15) is 0 Å². The van der Waals surface area contributed by atoms with E-state index in [1.54, 1.807) is 0 Å². The van der Waals surface area contributed by atoms with Gasteiger partial charge >= 0.3 is 0 Å². The molecule has 0 aromatic carbocycles. The smallest absolute Gasteiger partial charge is 0.0726 e. The molecule has 1 fully saturated rings. The van der Waals surface area contributed by atoms with Gasteiger partial charge in [0.05, 0.1) is 12.2 Å². The topological polar surface area (TPSA) is 9.23 Å². The molecule has 3 unspecified atom stereocenters. The summed E-state index contributed by atoms with van der Waals surface area (Å²) in [5, 5.41) is 0. The van der Waals surface area contributed by atoms with Gasteiger partial charge in [-0.05, 0) is 57.3 Å². The minimum atomic E-state index is 0.0115. The lowest BCUT2D eigenvalue weighted by Gasteiger charge is -2.52. The Kier molecular flexibility index (Phi) is 7.14. The van der Waals surface area contributed by atoms with Crippen molar-refractivity contribution < 1.29 is 4.74 Å². The fourth-order valence-electron chi connectivity index (χ4n) is 3.38. The average molecular weight is 299 g/mol. The quantitative estimate of drug-likeness (QED) is 0.427. The summed E-state index contributed by atoms with van der Waals surface area (Å²) in [5.74, 6) is 1.30. The first-order chi connectivity index (χ1) is 9.40. The predicted molar refractivity (Wildman–Crippen MR) is 92.6 cm³/mol. The second-order valence-corrected chi connectivity index (χ2v) is 7.56. The number of hydrogen-bond acceptors (Lipinski definition) is 2. The van der Waals surface area contributed by atoms with Crippen LogP contribution in [0.1, 0.15) is 73.1 Å². The fourth-order valence-corrected chi connectivity index (χ4v) is 3.75. The highest BCUT2D eigenvalue weighted by atomic mass is 32.1. The highest BCUT2D eigenvalue weighted by Crippen LogP contribution is 2.49. The van der Waals surface area contributed by atoms with E-state index in [2.05, 4.69) is 41.2 Å². The molecule has 0 saturated heterocycles. The van der Waals surface area contributed by atoms with Crippen LogP contribution in [0.5, 0.6) is 0 Å². The minimum Gasteiger partial charge on any atom is -0.374 e. The van der Waals surface area contributed by atoms with Gasteiger partial charge in [0.25, 0.3) is 0 Å². The molecule has 3 atom stereocenters. The van der Waals surface area contributed by atoms with Crippen LogP contribution in [0.15, 0.2) is 12.2 Å². The molecule has 118 valence electrons. The lowest BCUT2D eigenvalue weighted by atomic mass is 9.67. The first kappa shape index (κ1) is 18.1. The Morgan fingerprint density at radius 2 is 1.75 bits per heavy atom. The standard InChI is InChI=1S/C18H34OS/c1-7-14(8-2)13(5)11-15-12-17(18(15,6)20)19-16(9-3)10-4/h14-17,20H,5,7-12H2,1-4,6H3. The average Bonchev–Trinajstić information content (AvgIpc) is 2.43. The van der Waals surface area contributed by atoms with Crippen LogP contribution < -0.4 is 0 Å². The molecular formula is C18H34OS. The minimum absolute atomic E-state index is 0.0115. The molecule has 0 bridgehead atoms. The van der Waals surface area contributed by atoms with Gasteiger partial charge in [-0.25, -0.2) is 0 Å². The Balaban J connectivity index is 2.51. The van der Waals surface area contributed by atoms with Crippen molar-refractivity contribution in [3.63, 3.8) is 0 Å². The van der Waals surface area contributed by atoms with Gasteiger partial charge in [0, 0.05) is 4.75 Å². The molecule has 1 aliphatic rings. The van der Waals surface area contributed by atoms with Crippen molar-refractivity contribution in [2.75, 3.05) is 0 Å². The molecule has 1 saturated carbocycles. The molecule has 0 amide bonds. The molecule has 0 radical (unpaired) electrons. The first-order valence-electron chi connectivity index (χ1n) is 8.45. The van der Waals surface area contributed by atoms with Gasteiger partial charge in [-0.2, -0.15) is 12.6 Å². The van der Waals surface area contributed by atoms with Crippen LogP contribution in [0, 0.1) is 11.8 Å². The Labute approximate surface area is 132 Å².